The first kappa shape index (κ1) is 13.7. The van der Waals surface area contributed by atoms with Crippen molar-refractivity contribution in [3.8, 4) is 11.5 Å². The molecule has 1 aliphatic rings. The van der Waals surface area contributed by atoms with Gasteiger partial charge in [0.1, 0.15) is 6.04 Å². The van der Waals surface area contributed by atoms with Gasteiger partial charge in [0.2, 0.25) is 5.91 Å². The summed E-state index contributed by atoms with van der Waals surface area (Å²) in [5, 5.41) is 5.96. The molecule has 19 heavy (non-hydrogen) atoms. The number of rotatable bonds is 3. The third-order valence-corrected chi connectivity index (χ3v) is 3.44. The van der Waals surface area contributed by atoms with Crippen molar-refractivity contribution in [2.75, 3.05) is 27.8 Å². The summed E-state index contributed by atoms with van der Waals surface area (Å²) in [6.45, 7) is 0.817. The van der Waals surface area contributed by atoms with Crippen molar-refractivity contribution in [1.82, 2.24) is 10.6 Å². The van der Waals surface area contributed by atoms with Crippen LogP contribution in [0.25, 0.3) is 0 Å². The van der Waals surface area contributed by atoms with Crippen LogP contribution in [0.5, 0.6) is 11.5 Å². The van der Waals surface area contributed by atoms with E-state index in [1.54, 1.807) is 21.3 Å². The van der Waals surface area contributed by atoms with Crippen molar-refractivity contribution < 1.29 is 14.3 Å². The number of ether oxygens (including phenoxy) is 2. The number of nitrogens with one attached hydrogen (secondary N) is 2. The van der Waals surface area contributed by atoms with E-state index in [9.17, 15) is 4.79 Å². The van der Waals surface area contributed by atoms with Crippen LogP contribution in [0.15, 0.2) is 12.1 Å². The Morgan fingerprint density at radius 1 is 1.32 bits per heavy atom. The maximum atomic E-state index is 12.0. The second-order valence-corrected chi connectivity index (χ2v) is 4.51. The molecular weight excluding hydrogens is 244 g/mol. The van der Waals surface area contributed by atoms with Gasteiger partial charge in [-0.3, -0.25) is 4.79 Å². The normalized spacial score (nSPS) is 18.2. The Labute approximate surface area is 113 Å². The molecule has 0 radical (unpaired) electrons. The first-order valence-electron chi connectivity index (χ1n) is 6.41. The highest BCUT2D eigenvalue weighted by molar-refractivity contribution is 5.83. The maximum Gasteiger partial charge on any atom is 0.241 e. The van der Waals surface area contributed by atoms with Gasteiger partial charge in [0.25, 0.3) is 0 Å². The third kappa shape index (κ3) is 2.66. The minimum atomic E-state index is -0.331. The van der Waals surface area contributed by atoms with E-state index in [0.29, 0.717) is 11.5 Å². The summed E-state index contributed by atoms with van der Waals surface area (Å²) in [6.07, 6.45) is 1.92. The molecule has 0 unspecified atom stereocenters. The smallest absolute Gasteiger partial charge is 0.241 e. The van der Waals surface area contributed by atoms with Crippen LogP contribution in [0.1, 0.15) is 23.6 Å². The van der Waals surface area contributed by atoms with Crippen molar-refractivity contribution in [2.45, 2.75) is 18.9 Å². The van der Waals surface area contributed by atoms with Crippen LogP contribution in [-0.2, 0) is 11.2 Å². The molecular formula is C14H20N2O3. The topological polar surface area (TPSA) is 59.6 Å². The molecule has 0 fully saturated rings. The summed E-state index contributed by atoms with van der Waals surface area (Å²) in [6, 6.07) is 3.53. The van der Waals surface area contributed by atoms with Crippen LogP contribution in [0.2, 0.25) is 0 Å². The molecule has 0 spiro atoms. The fourth-order valence-corrected chi connectivity index (χ4v) is 2.44. The Hall–Kier alpha value is -1.75. The number of carbonyl (C=O) groups excluding carboxylic acids is 1. The van der Waals surface area contributed by atoms with Crippen LogP contribution < -0.4 is 20.1 Å². The number of carbonyl (C=O) groups is 1. The fourth-order valence-electron chi connectivity index (χ4n) is 2.44. The second-order valence-electron chi connectivity index (χ2n) is 4.51. The van der Waals surface area contributed by atoms with Crippen LogP contribution in [-0.4, -0.2) is 33.7 Å². The van der Waals surface area contributed by atoms with E-state index in [0.717, 1.165) is 30.5 Å². The zero-order valence-corrected chi connectivity index (χ0v) is 11.6. The first-order valence-corrected chi connectivity index (χ1v) is 6.41. The number of amides is 1. The number of hydrogen-bond donors (Lipinski definition) is 2. The molecule has 1 aromatic carbocycles. The molecule has 0 bridgehead atoms. The highest BCUT2D eigenvalue weighted by Gasteiger charge is 2.25. The van der Waals surface area contributed by atoms with E-state index in [4.69, 9.17) is 9.47 Å². The van der Waals surface area contributed by atoms with E-state index in [1.807, 2.05) is 12.1 Å². The Balaban J connectivity index is 2.50. The third-order valence-electron chi connectivity index (χ3n) is 3.44. The van der Waals surface area contributed by atoms with Crippen LogP contribution in [0.4, 0.5) is 0 Å². The molecule has 1 amide bonds. The lowest BCUT2D eigenvalue weighted by Crippen LogP contribution is -2.35. The van der Waals surface area contributed by atoms with Gasteiger partial charge in [-0.05, 0) is 42.6 Å². The van der Waals surface area contributed by atoms with Gasteiger partial charge in [0.05, 0.1) is 14.2 Å². The summed E-state index contributed by atoms with van der Waals surface area (Å²) in [4.78, 5) is 12.0. The van der Waals surface area contributed by atoms with Gasteiger partial charge >= 0.3 is 0 Å². The van der Waals surface area contributed by atoms with Gasteiger partial charge < -0.3 is 20.1 Å². The number of fused-ring (bicyclic) bond motifs is 1. The summed E-state index contributed by atoms with van der Waals surface area (Å²) < 4.78 is 10.6. The molecule has 5 heteroatoms. The molecule has 0 saturated carbocycles. The average Bonchev–Trinajstić information content (AvgIpc) is 2.66. The van der Waals surface area contributed by atoms with Crippen molar-refractivity contribution in [3.63, 3.8) is 0 Å². The monoisotopic (exact) mass is 264 g/mol. The van der Waals surface area contributed by atoms with Crippen molar-refractivity contribution in [3.05, 3.63) is 23.3 Å². The molecule has 0 aromatic heterocycles. The standard InChI is InChI=1S/C14H20N2O3/c1-15-14(17)13-10-8-12(19-3)11(18-2)7-9(10)5-4-6-16-13/h7-8,13,16H,4-6H2,1-3H3,(H,15,17)/t13-/m0/s1. The predicted octanol–water partition coefficient (Wildman–Crippen LogP) is 1.03. The SMILES string of the molecule is CNC(=O)[C@H]1NCCCc2cc(OC)c(OC)cc21. The van der Waals surface area contributed by atoms with Crippen LogP contribution in [0.3, 0.4) is 0 Å². The fraction of sp³-hybridized carbons (Fsp3) is 0.500. The highest BCUT2D eigenvalue weighted by Crippen LogP contribution is 2.34. The largest absolute Gasteiger partial charge is 0.493 e. The number of benzene rings is 1. The summed E-state index contributed by atoms with van der Waals surface area (Å²) in [7, 11) is 4.87. The molecule has 1 atom stereocenters. The lowest BCUT2D eigenvalue weighted by Gasteiger charge is -2.19. The molecule has 104 valence electrons. The summed E-state index contributed by atoms with van der Waals surface area (Å²) in [5.74, 6) is 1.33. The molecule has 2 rings (SSSR count). The summed E-state index contributed by atoms with van der Waals surface area (Å²) in [5.41, 5.74) is 2.10. The molecule has 1 heterocycles. The van der Waals surface area contributed by atoms with Crippen LogP contribution >= 0.6 is 0 Å². The highest BCUT2D eigenvalue weighted by atomic mass is 16.5. The number of likely N-dealkylation sites (N-methyl/N-ethyl adjacent to an activating group) is 1. The Bertz CT molecular complexity index is 474. The zero-order valence-electron chi connectivity index (χ0n) is 11.6. The lowest BCUT2D eigenvalue weighted by atomic mass is 9.97. The van der Waals surface area contributed by atoms with E-state index in [-0.39, 0.29) is 11.9 Å². The van der Waals surface area contributed by atoms with Gasteiger partial charge in [0, 0.05) is 7.05 Å². The Morgan fingerprint density at radius 2 is 2.00 bits per heavy atom. The van der Waals surface area contributed by atoms with Crippen LogP contribution in [0, 0.1) is 0 Å². The second kappa shape index (κ2) is 5.93. The molecule has 0 saturated heterocycles. The zero-order chi connectivity index (χ0) is 13.8. The minimum Gasteiger partial charge on any atom is -0.493 e. The van der Waals surface area contributed by atoms with Crippen molar-refractivity contribution in [2.24, 2.45) is 0 Å². The van der Waals surface area contributed by atoms with Gasteiger partial charge in [-0.25, -0.2) is 0 Å². The molecule has 1 aromatic rings. The maximum absolute atomic E-state index is 12.0. The van der Waals surface area contributed by atoms with Gasteiger partial charge in [-0.1, -0.05) is 0 Å². The van der Waals surface area contributed by atoms with E-state index in [2.05, 4.69) is 10.6 Å². The molecule has 0 aliphatic carbocycles. The van der Waals surface area contributed by atoms with E-state index < -0.39 is 0 Å². The molecule has 5 nitrogen and oxygen atoms in total. The van der Waals surface area contributed by atoms with Gasteiger partial charge in [-0.15, -0.1) is 0 Å². The quantitative estimate of drug-likeness (QED) is 0.856. The Kier molecular flexibility index (Phi) is 4.27. The summed E-state index contributed by atoms with van der Waals surface area (Å²) >= 11 is 0. The number of methoxy groups -OCH3 is 2. The van der Waals surface area contributed by atoms with E-state index in [1.165, 1.54) is 0 Å². The Morgan fingerprint density at radius 3 is 2.63 bits per heavy atom. The number of hydrogen-bond acceptors (Lipinski definition) is 4. The molecule has 1 aliphatic heterocycles. The van der Waals surface area contributed by atoms with Gasteiger partial charge in [-0.2, -0.15) is 0 Å². The lowest BCUT2D eigenvalue weighted by molar-refractivity contribution is -0.122. The first-order chi connectivity index (χ1) is 9.21. The average molecular weight is 264 g/mol. The molecule has 2 N–H and O–H groups in total. The predicted molar refractivity (Wildman–Crippen MR) is 72.7 cm³/mol. The minimum absolute atomic E-state index is 0.0321. The van der Waals surface area contributed by atoms with Crippen molar-refractivity contribution in [1.29, 1.82) is 0 Å². The number of aryl methyl sites for hydroxylation is 1. The van der Waals surface area contributed by atoms with Gasteiger partial charge in [0.15, 0.2) is 11.5 Å². The van der Waals surface area contributed by atoms with Crippen molar-refractivity contribution >= 4 is 5.91 Å². The van der Waals surface area contributed by atoms with E-state index >= 15 is 0 Å².